The van der Waals surface area contributed by atoms with Gasteiger partial charge >= 0.3 is 0 Å². The summed E-state index contributed by atoms with van der Waals surface area (Å²) in [5.74, 6) is 0.565. The maximum Gasteiger partial charge on any atom is 0.224 e. The van der Waals surface area contributed by atoms with Gasteiger partial charge < -0.3 is 9.88 Å². The second kappa shape index (κ2) is 6.18. The number of carbonyl (C=O) groups is 1. The summed E-state index contributed by atoms with van der Waals surface area (Å²) < 4.78 is 1.99. The van der Waals surface area contributed by atoms with Crippen molar-refractivity contribution >= 4 is 23.4 Å². The van der Waals surface area contributed by atoms with E-state index in [9.17, 15) is 4.79 Å². The van der Waals surface area contributed by atoms with Crippen LogP contribution in [-0.4, -0.2) is 15.5 Å². The van der Waals surface area contributed by atoms with Crippen LogP contribution in [0.15, 0.2) is 36.9 Å². The van der Waals surface area contributed by atoms with Gasteiger partial charge in [-0.1, -0.05) is 19.9 Å². The highest BCUT2D eigenvalue weighted by molar-refractivity contribution is 5.94. The van der Waals surface area contributed by atoms with Gasteiger partial charge in [0.25, 0.3) is 0 Å². The lowest BCUT2D eigenvalue weighted by Gasteiger charge is -2.20. The number of carbonyl (C=O) groups excluding carboxylic acids is 1. The Balaban J connectivity index is 2.00. The molecule has 0 saturated carbocycles. The molecule has 0 aliphatic carbocycles. The Labute approximate surface area is 130 Å². The number of aryl methyl sites for hydroxylation is 1. The van der Waals surface area contributed by atoms with Gasteiger partial charge in [0.15, 0.2) is 0 Å². The average Bonchev–Trinajstić information content (AvgIpc) is 3.04. The van der Waals surface area contributed by atoms with Crippen molar-refractivity contribution in [3.63, 3.8) is 0 Å². The molecule has 0 spiro atoms. The Hall–Kier alpha value is -2.36. The summed E-state index contributed by atoms with van der Waals surface area (Å²) in [5, 5.41) is 2.94. The second-order valence-corrected chi connectivity index (χ2v) is 5.82. The molecule has 4 nitrogen and oxygen atoms in total. The highest BCUT2D eigenvalue weighted by Gasteiger charge is 2.17. The first kappa shape index (κ1) is 14.6. The Kier molecular flexibility index (Phi) is 4.09. The molecule has 0 radical (unpaired) electrons. The van der Waals surface area contributed by atoms with Gasteiger partial charge in [0.05, 0.1) is 6.33 Å². The molecule has 1 amide bonds. The zero-order chi connectivity index (χ0) is 15.5. The lowest BCUT2D eigenvalue weighted by Crippen LogP contribution is -2.19. The molecule has 1 aliphatic rings. The lowest BCUT2D eigenvalue weighted by atomic mass is 9.90. The topological polar surface area (TPSA) is 46.9 Å². The molecular weight excluding hydrogens is 274 g/mol. The largest absolute Gasteiger partial charge is 0.326 e. The van der Waals surface area contributed by atoms with Crippen molar-refractivity contribution in [2.24, 2.45) is 5.92 Å². The number of fused-ring (bicyclic) bond motifs is 1. The van der Waals surface area contributed by atoms with Crippen LogP contribution in [0.3, 0.4) is 0 Å². The summed E-state index contributed by atoms with van der Waals surface area (Å²) >= 11 is 0. The van der Waals surface area contributed by atoms with Crippen LogP contribution in [0.25, 0.3) is 11.8 Å². The van der Waals surface area contributed by atoms with Gasteiger partial charge in [-0.05, 0) is 47.6 Å². The van der Waals surface area contributed by atoms with Crippen LogP contribution in [-0.2, 0) is 11.2 Å². The molecule has 1 aromatic heterocycles. The third-order valence-corrected chi connectivity index (χ3v) is 4.29. The molecule has 1 unspecified atom stereocenters. The van der Waals surface area contributed by atoms with Crippen molar-refractivity contribution in [1.29, 1.82) is 0 Å². The molecule has 2 aromatic rings. The number of hydrogen-bond donors (Lipinski definition) is 1. The van der Waals surface area contributed by atoms with E-state index in [0.29, 0.717) is 12.3 Å². The minimum Gasteiger partial charge on any atom is -0.326 e. The summed E-state index contributed by atoms with van der Waals surface area (Å²) in [6.45, 7) is 4.44. The number of anilines is 1. The highest BCUT2D eigenvalue weighted by Crippen LogP contribution is 2.31. The second-order valence-electron chi connectivity index (χ2n) is 5.82. The van der Waals surface area contributed by atoms with E-state index >= 15 is 0 Å². The highest BCUT2D eigenvalue weighted by atomic mass is 16.1. The summed E-state index contributed by atoms with van der Waals surface area (Å²) in [6.07, 6.45) is 10.1. The van der Waals surface area contributed by atoms with Crippen molar-refractivity contribution < 1.29 is 4.79 Å². The Morgan fingerprint density at radius 1 is 1.45 bits per heavy atom. The fourth-order valence-electron chi connectivity index (χ4n) is 2.78. The first-order valence-electron chi connectivity index (χ1n) is 7.79. The standard InChI is InChI=1S/C18H21N3O/c1-3-13(2)16(11-21-9-8-19-12-21)14-4-6-17-15(10-14)5-7-18(22)20-17/h4,6,8-13H,3,5,7H2,1-2H3,(H,20,22). The van der Waals surface area contributed by atoms with Crippen molar-refractivity contribution in [2.45, 2.75) is 33.1 Å². The van der Waals surface area contributed by atoms with Crippen LogP contribution in [0.1, 0.15) is 37.8 Å². The van der Waals surface area contributed by atoms with Gasteiger partial charge in [-0.3, -0.25) is 4.79 Å². The van der Waals surface area contributed by atoms with Gasteiger partial charge in [0.1, 0.15) is 0 Å². The van der Waals surface area contributed by atoms with Gasteiger partial charge in [-0.2, -0.15) is 0 Å². The summed E-state index contributed by atoms with van der Waals surface area (Å²) in [5.41, 5.74) is 4.68. The molecule has 0 saturated heterocycles. The number of allylic oxidation sites excluding steroid dienone is 1. The lowest BCUT2D eigenvalue weighted by molar-refractivity contribution is -0.116. The molecule has 1 N–H and O–H groups in total. The maximum atomic E-state index is 11.5. The summed E-state index contributed by atoms with van der Waals surface area (Å²) in [6, 6.07) is 6.33. The van der Waals surface area contributed by atoms with E-state index in [-0.39, 0.29) is 5.91 Å². The number of aromatic nitrogens is 2. The SMILES string of the molecule is CCC(C)C(=Cn1ccnc1)c1ccc2c(c1)CCC(=O)N2. The number of nitrogens with zero attached hydrogens (tertiary/aromatic N) is 2. The van der Waals surface area contributed by atoms with E-state index in [1.807, 2.05) is 16.8 Å². The Bertz CT molecular complexity index is 701. The number of rotatable bonds is 4. The average molecular weight is 295 g/mol. The number of imidazole rings is 1. The smallest absolute Gasteiger partial charge is 0.224 e. The van der Waals surface area contributed by atoms with Crippen LogP contribution >= 0.6 is 0 Å². The van der Waals surface area contributed by atoms with Crippen molar-refractivity contribution in [3.05, 3.63) is 48.0 Å². The molecule has 114 valence electrons. The van der Waals surface area contributed by atoms with Crippen molar-refractivity contribution in [1.82, 2.24) is 9.55 Å². The zero-order valence-electron chi connectivity index (χ0n) is 13.0. The van der Waals surface area contributed by atoms with Crippen LogP contribution in [0.5, 0.6) is 0 Å². The third kappa shape index (κ3) is 2.96. The molecule has 0 fully saturated rings. The molecule has 1 atom stereocenters. The molecule has 1 aromatic carbocycles. The van der Waals surface area contributed by atoms with E-state index in [2.05, 4.69) is 42.5 Å². The molecule has 3 rings (SSSR count). The van der Waals surface area contributed by atoms with Crippen LogP contribution in [0, 0.1) is 5.92 Å². The fourth-order valence-corrected chi connectivity index (χ4v) is 2.78. The minimum absolute atomic E-state index is 0.108. The molecule has 22 heavy (non-hydrogen) atoms. The monoisotopic (exact) mass is 295 g/mol. The number of hydrogen-bond acceptors (Lipinski definition) is 2. The fraction of sp³-hybridized carbons (Fsp3) is 0.333. The number of nitrogens with one attached hydrogen (secondary N) is 1. The normalized spacial score (nSPS) is 16.1. The molecule has 0 bridgehead atoms. The summed E-state index contributed by atoms with van der Waals surface area (Å²) in [7, 11) is 0. The Morgan fingerprint density at radius 2 is 2.32 bits per heavy atom. The van der Waals surface area contributed by atoms with Crippen molar-refractivity contribution in [2.75, 3.05) is 5.32 Å². The van der Waals surface area contributed by atoms with Gasteiger partial charge in [0.2, 0.25) is 5.91 Å². The van der Waals surface area contributed by atoms with E-state index in [1.165, 1.54) is 16.7 Å². The molecule has 4 heteroatoms. The predicted octanol–water partition coefficient (Wildman–Crippen LogP) is 3.81. The van der Waals surface area contributed by atoms with E-state index < -0.39 is 0 Å². The quantitative estimate of drug-likeness (QED) is 0.932. The summed E-state index contributed by atoms with van der Waals surface area (Å²) in [4.78, 5) is 15.6. The van der Waals surface area contributed by atoms with Crippen molar-refractivity contribution in [3.8, 4) is 0 Å². The number of benzene rings is 1. The van der Waals surface area contributed by atoms with E-state index in [0.717, 1.165) is 18.5 Å². The number of amides is 1. The zero-order valence-corrected chi connectivity index (χ0v) is 13.0. The minimum atomic E-state index is 0.108. The maximum absolute atomic E-state index is 11.5. The molecule has 2 heterocycles. The van der Waals surface area contributed by atoms with E-state index in [4.69, 9.17) is 0 Å². The first-order valence-corrected chi connectivity index (χ1v) is 7.79. The van der Waals surface area contributed by atoms with Gasteiger partial charge in [-0.25, -0.2) is 4.98 Å². The first-order chi connectivity index (χ1) is 10.7. The Morgan fingerprint density at radius 3 is 3.05 bits per heavy atom. The van der Waals surface area contributed by atoms with Gasteiger partial charge in [-0.15, -0.1) is 0 Å². The van der Waals surface area contributed by atoms with Crippen LogP contribution in [0.4, 0.5) is 5.69 Å². The predicted molar refractivity (Wildman–Crippen MR) is 89.2 cm³/mol. The molecule has 1 aliphatic heterocycles. The van der Waals surface area contributed by atoms with Crippen LogP contribution in [0.2, 0.25) is 0 Å². The molecular formula is C18H21N3O. The van der Waals surface area contributed by atoms with E-state index in [1.54, 1.807) is 12.5 Å². The van der Waals surface area contributed by atoms with Crippen LogP contribution < -0.4 is 5.32 Å². The van der Waals surface area contributed by atoms with Gasteiger partial charge in [0, 0.05) is 30.7 Å². The third-order valence-electron chi connectivity index (χ3n) is 4.29.